The standard InChI is InChI=1S/C88H63N3Si2/c1-8-30-64(31-9-1)67-36-26-38-69(56-67)71-40-28-50-78(58-71)92(74-42-14-4-15-43-74,75-44-16-5-17-45-75)80-60-73(88-89-84(66-34-12-3-13-35-66)63-87(90-88)91-85-54-24-22-52-82(85)83-53-23-25-55-86(83)91)61-81(62-80)93(76-46-18-6-19-47-76,77-48-20-7-21-49-77)79-51-29-41-72(59-79)70-39-27-37-68(57-70)65-32-10-2-11-33-65/h1-63H. The fourth-order valence-corrected chi connectivity index (χ4v) is 24.3. The van der Waals surface area contributed by atoms with Gasteiger partial charge in [0, 0.05) is 28.0 Å². The predicted octanol–water partition coefficient (Wildman–Crippen LogP) is 16.3. The van der Waals surface area contributed by atoms with E-state index in [1.54, 1.807) is 0 Å². The quantitative estimate of drug-likeness (QED) is 0.0756. The third-order valence-electron chi connectivity index (χ3n) is 18.7. The Morgan fingerprint density at radius 2 is 0.484 bits per heavy atom. The van der Waals surface area contributed by atoms with Crippen LogP contribution in [-0.2, 0) is 0 Å². The molecule has 0 atom stereocenters. The van der Waals surface area contributed by atoms with E-state index in [0.717, 1.165) is 55.9 Å². The van der Waals surface area contributed by atoms with E-state index in [4.69, 9.17) is 9.97 Å². The van der Waals surface area contributed by atoms with Crippen LogP contribution in [0, 0.1) is 0 Å². The molecule has 2 aromatic heterocycles. The first-order chi connectivity index (χ1) is 46.1. The zero-order chi connectivity index (χ0) is 62.0. The van der Waals surface area contributed by atoms with Crippen molar-refractivity contribution in [2.75, 3.05) is 0 Å². The monoisotopic (exact) mass is 1220 g/mol. The van der Waals surface area contributed by atoms with Gasteiger partial charge in [0.15, 0.2) is 22.0 Å². The third-order valence-corrected chi connectivity index (χ3v) is 28.1. The molecular formula is C88H63N3Si2. The van der Waals surface area contributed by atoms with Gasteiger partial charge in [-0.3, -0.25) is 4.57 Å². The molecule has 0 radical (unpaired) electrons. The zero-order valence-electron chi connectivity index (χ0n) is 51.2. The van der Waals surface area contributed by atoms with Gasteiger partial charge in [0.05, 0.1) is 16.7 Å². The van der Waals surface area contributed by atoms with Crippen LogP contribution in [0.5, 0.6) is 0 Å². The Morgan fingerprint density at radius 1 is 0.194 bits per heavy atom. The van der Waals surface area contributed by atoms with E-state index in [2.05, 4.69) is 387 Å². The second-order valence-corrected chi connectivity index (χ2v) is 31.6. The third kappa shape index (κ3) is 10.4. The molecule has 0 spiro atoms. The summed E-state index contributed by atoms with van der Waals surface area (Å²) in [4.78, 5) is 11.7. The van der Waals surface area contributed by atoms with Crippen molar-refractivity contribution in [3.05, 3.63) is 382 Å². The van der Waals surface area contributed by atoms with E-state index < -0.39 is 16.1 Å². The highest BCUT2D eigenvalue weighted by Gasteiger charge is 2.46. The highest BCUT2D eigenvalue weighted by atomic mass is 28.3. The Balaban J connectivity index is 1.04. The average Bonchev–Trinajstić information content (AvgIpc) is 1.29. The fourth-order valence-electron chi connectivity index (χ4n) is 14.4. The first-order valence-electron chi connectivity index (χ1n) is 31.9. The molecule has 5 heteroatoms. The number of benzene rings is 14. The topological polar surface area (TPSA) is 30.7 Å². The molecule has 0 aliphatic rings. The van der Waals surface area contributed by atoms with Crippen LogP contribution in [0.3, 0.4) is 0 Å². The molecule has 438 valence electrons. The van der Waals surface area contributed by atoms with Gasteiger partial charge in [-0.15, -0.1) is 0 Å². The molecule has 93 heavy (non-hydrogen) atoms. The van der Waals surface area contributed by atoms with Crippen molar-refractivity contribution in [2.24, 2.45) is 0 Å². The molecular weight excluding hydrogens is 1160 g/mol. The van der Waals surface area contributed by atoms with Crippen LogP contribution in [0.25, 0.3) is 94.8 Å². The van der Waals surface area contributed by atoms with E-state index >= 15 is 0 Å². The molecule has 0 unspecified atom stereocenters. The van der Waals surface area contributed by atoms with Crippen molar-refractivity contribution < 1.29 is 0 Å². The van der Waals surface area contributed by atoms with Gasteiger partial charge in [0.1, 0.15) is 5.82 Å². The molecule has 0 saturated heterocycles. The normalized spacial score (nSPS) is 11.7. The molecule has 0 fully saturated rings. The van der Waals surface area contributed by atoms with Gasteiger partial charge in [-0.05, 0) is 110 Å². The Kier molecular flexibility index (Phi) is 15.0. The Bertz CT molecular complexity index is 4950. The first kappa shape index (κ1) is 56.6. The minimum Gasteiger partial charge on any atom is -0.294 e. The molecule has 0 aliphatic heterocycles. The number of aromatic nitrogens is 3. The minimum atomic E-state index is -3.48. The molecule has 16 aromatic rings. The number of para-hydroxylation sites is 2. The maximum atomic E-state index is 5.91. The van der Waals surface area contributed by atoms with Crippen molar-refractivity contribution in [2.45, 2.75) is 0 Å². The van der Waals surface area contributed by atoms with E-state index in [9.17, 15) is 0 Å². The van der Waals surface area contributed by atoms with Crippen LogP contribution in [-0.4, -0.2) is 30.7 Å². The molecule has 0 N–H and O–H groups in total. The number of rotatable bonds is 15. The van der Waals surface area contributed by atoms with Crippen molar-refractivity contribution in [1.29, 1.82) is 0 Å². The number of hydrogen-bond acceptors (Lipinski definition) is 2. The lowest BCUT2D eigenvalue weighted by atomic mass is 9.99. The van der Waals surface area contributed by atoms with Crippen molar-refractivity contribution in [3.8, 4) is 73.0 Å². The van der Waals surface area contributed by atoms with Crippen LogP contribution < -0.4 is 41.5 Å². The summed E-state index contributed by atoms with van der Waals surface area (Å²) in [6.07, 6.45) is 0. The summed E-state index contributed by atoms with van der Waals surface area (Å²) in [5.74, 6) is 1.44. The van der Waals surface area contributed by atoms with Crippen LogP contribution in [0.2, 0.25) is 0 Å². The summed E-state index contributed by atoms with van der Waals surface area (Å²) in [7, 11) is -6.95. The summed E-state index contributed by atoms with van der Waals surface area (Å²) >= 11 is 0. The molecule has 0 amide bonds. The fraction of sp³-hybridized carbons (Fsp3) is 0. The van der Waals surface area contributed by atoms with E-state index in [1.165, 1.54) is 74.5 Å². The average molecular weight is 1220 g/mol. The smallest absolute Gasteiger partial charge is 0.179 e. The lowest BCUT2D eigenvalue weighted by Crippen LogP contribution is -2.78. The van der Waals surface area contributed by atoms with Crippen molar-refractivity contribution in [1.82, 2.24) is 14.5 Å². The van der Waals surface area contributed by atoms with E-state index in [-0.39, 0.29) is 0 Å². The summed E-state index contributed by atoms with van der Waals surface area (Å²) in [5, 5.41) is 12.4. The van der Waals surface area contributed by atoms with Gasteiger partial charge in [0.25, 0.3) is 0 Å². The van der Waals surface area contributed by atoms with Gasteiger partial charge >= 0.3 is 0 Å². The molecule has 0 saturated carbocycles. The molecule has 3 nitrogen and oxygen atoms in total. The van der Waals surface area contributed by atoms with Crippen LogP contribution in [0.1, 0.15) is 0 Å². The maximum Gasteiger partial charge on any atom is 0.179 e. The summed E-state index contributed by atoms with van der Waals surface area (Å²) < 4.78 is 2.34. The molecule has 14 aromatic carbocycles. The number of hydrogen-bond donors (Lipinski definition) is 0. The van der Waals surface area contributed by atoms with Gasteiger partial charge in [-0.1, -0.05) is 352 Å². The zero-order valence-corrected chi connectivity index (χ0v) is 53.2. The molecule has 0 bridgehead atoms. The SMILES string of the molecule is c1ccc(-c2cccc(-c3cccc([Si](c4ccccc4)(c4ccccc4)c4cc(-c5nc(-c6ccccc6)cc(-n6c7ccccc7c7ccccc76)n5)cc([Si](c5ccccc5)(c5ccccc5)c5cccc(-c6cccc(-c7ccccc7)c6)c5)c4)c3)c2)cc1. The lowest BCUT2D eigenvalue weighted by Gasteiger charge is -2.38. The van der Waals surface area contributed by atoms with Crippen LogP contribution >= 0.6 is 0 Å². The minimum absolute atomic E-state index is 0.641. The van der Waals surface area contributed by atoms with Crippen LogP contribution in [0.4, 0.5) is 0 Å². The largest absolute Gasteiger partial charge is 0.294 e. The lowest BCUT2D eigenvalue weighted by molar-refractivity contribution is 1.05. The highest BCUT2D eigenvalue weighted by molar-refractivity contribution is 7.22. The Hall–Kier alpha value is -11.6. The first-order valence-corrected chi connectivity index (χ1v) is 35.9. The highest BCUT2D eigenvalue weighted by Crippen LogP contribution is 2.35. The van der Waals surface area contributed by atoms with Gasteiger partial charge < -0.3 is 0 Å². The summed E-state index contributed by atoms with van der Waals surface area (Å²) in [6, 6.07) is 142. The van der Waals surface area contributed by atoms with Gasteiger partial charge in [0.2, 0.25) is 0 Å². The Labute approximate surface area is 545 Å². The summed E-state index contributed by atoms with van der Waals surface area (Å²) in [6.45, 7) is 0. The second kappa shape index (κ2) is 24.6. The van der Waals surface area contributed by atoms with E-state index in [0.29, 0.717) is 5.82 Å². The molecule has 2 heterocycles. The Morgan fingerprint density at radius 3 is 0.882 bits per heavy atom. The van der Waals surface area contributed by atoms with Gasteiger partial charge in [-0.25, -0.2) is 9.97 Å². The number of fused-ring (bicyclic) bond motifs is 3. The van der Waals surface area contributed by atoms with E-state index in [1.807, 2.05) is 0 Å². The van der Waals surface area contributed by atoms with Crippen molar-refractivity contribution >= 4 is 79.4 Å². The van der Waals surface area contributed by atoms with Crippen LogP contribution in [0.15, 0.2) is 382 Å². The van der Waals surface area contributed by atoms with Crippen molar-refractivity contribution in [3.63, 3.8) is 0 Å². The van der Waals surface area contributed by atoms with Gasteiger partial charge in [-0.2, -0.15) is 0 Å². The second-order valence-electron chi connectivity index (χ2n) is 24.0. The summed E-state index contributed by atoms with van der Waals surface area (Å²) in [5.41, 5.74) is 14.3. The maximum absolute atomic E-state index is 5.91. The molecule has 16 rings (SSSR count). The predicted molar refractivity (Wildman–Crippen MR) is 396 cm³/mol. The molecule has 0 aliphatic carbocycles. The number of nitrogens with zero attached hydrogens (tertiary/aromatic N) is 3.